The lowest BCUT2D eigenvalue weighted by atomic mass is 9.48. The fourth-order valence-corrected chi connectivity index (χ4v) is 13.4. The summed E-state index contributed by atoms with van der Waals surface area (Å²) in [5.41, 5.74) is 12.0. The monoisotopic (exact) mass is 876 g/mol. The Balaban J connectivity index is 0.953. The summed E-state index contributed by atoms with van der Waals surface area (Å²) in [7, 11) is 0. The number of fused-ring (bicyclic) bond motifs is 10. The maximum Gasteiger partial charge on any atom is 0.167 e. The molecule has 8 aromatic carbocycles. The molecule has 4 fully saturated rings. The van der Waals surface area contributed by atoms with Gasteiger partial charge in [-0.15, -0.1) is 0 Å². The van der Waals surface area contributed by atoms with Gasteiger partial charge in [0.25, 0.3) is 0 Å². The Bertz CT molecular complexity index is 3980. The quantitative estimate of drug-likeness (QED) is 0.166. The Morgan fingerprint density at radius 2 is 1.00 bits per heavy atom. The minimum atomic E-state index is 0.334. The Labute approximate surface area is 392 Å². The van der Waals surface area contributed by atoms with Crippen LogP contribution in [0.1, 0.15) is 44.1 Å². The third kappa shape index (κ3) is 5.89. The minimum Gasteiger partial charge on any atom is -0.456 e. The Morgan fingerprint density at radius 1 is 0.397 bits per heavy atom. The van der Waals surface area contributed by atoms with E-state index in [1.165, 1.54) is 55.0 Å². The van der Waals surface area contributed by atoms with Crippen LogP contribution in [-0.4, -0.2) is 19.9 Å². The van der Waals surface area contributed by atoms with E-state index in [1.54, 1.807) is 0 Å². The van der Waals surface area contributed by atoms with Crippen molar-refractivity contribution in [3.8, 4) is 56.4 Å². The summed E-state index contributed by atoms with van der Waals surface area (Å²) in [5.74, 6) is 4.35. The number of benzene rings is 8. The van der Waals surface area contributed by atoms with Crippen LogP contribution in [0.2, 0.25) is 0 Å². The molecule has 0 radical (unpaired) electrons. The highest BCUT2D eigenvalue weighted by Gasteiger charge is 2.51. The van der Waals surface area contributed by atoms with Gasteiger partial charge in [-0.2, -0.15) is 0 Å². The van der Waals surface area contributed by atoms with Gasteiger partial charge in [-0.3, -0.25) is 4.98 Å². The van der Waals surface area contributed by atoms with Crippen LogP contribution in [0.25, 0.3) is 122 Å². The average molecular weight is 877 g/mol. The van der Waals surface area contributed by atoms with Crippen LogP contribution < -0.4 is 0 Å². The number of nitrogens with zero attached hydrogens (tertiary/aromatic N) is 4. The maximum atomic E-state index is 6.77. The van der Waals surface area contributed by atoms with E-state index in [0.29, 0.717) is 22.9 Å². The smallest absolute Gasteiger partial charge is 0.167 e. The van der Waals surface area contributed by atoms with E-state index < -0.39 is 0 Å². The second-order valence-electron chi connectivity index (χ2n) is 20.0. The number of hydrogen-bond acceptors (Lipinski definition) is 6. The van der Waals surface area contributed by atoms with Crippen molar-refractivity contribution in [2.75, 3.05) is 0 Å². The summed E-state index contributed by atoms with van der Waals surface area (Å²) >= 11 is 0. The summed E-state index contributed by atoms with van der Waals surface area (Å²) < 4.78 is 13.4. The first-order chi connectivity index (χ1) is 33.6. The van der Waals surface area contributed by atoms with Gasteiger partial charge < -0.3 is 8.83 Å². The SMILES string of the molecule is c1ccc2c(c1)ccc1oc3cc(-c4nc(-c5cc(-c6ccncc6)cc(-c6ccc(C78CC9CC(CC(C9)C7)C8)cc6)c5)nc(-c5cccc6c5oc5ccccc56)n4)c4ccccc4c3c12. The molecule has 6 nitrogen and oxygen atoms in total. The Morgan fingerprint density at radius 3 is 1.76 bits per heavy atom. The molecule has 68 heavy (non-hydrogen) atoms. The second kappa shape index (κ2) is 14.5. The number of rotatable bonds is 6. The fourth-order valence-electron chi connectivity index (χ4n) is 13.4. The van der Waals surface area contributed by atoms with Gasteiger partial charge >= 0.3 is 0 Å². The van der Waals surface area contributed by atoms with Gasteiger partial charge in [0.15, 0.2) is 17.5 Å². The lowest BCUT2D eigenvalue weighted by molar-refractivity contribution is -0.00518. The van der Waals surface area contributed by atoms with Crippen LogP contribution in [0.15, 0.2) is 185 Å². The Hall–Kier alpha value is -7.96. The van der Waals surface area contributed by atoms with Crippen LogP contribution in [0.5, 0.6) is 0 Å². The molecule has 4 bridgehead atoms. The zero-order chi connectivity index (χ0) is 44.5. The van der Waals surface area contributed by atoms with Gasteiger partial charge in [0.1, 0.15) is 22.3 Å². The first kappa shape index (κ1) is 38.2. The standard InChI is InChI=1S/C62H44N4O2/c1-2-9-46-41(8-1)18-21-54-56(46)57-49-12-4-3-10-47(49)52(32-55(57)67-54)61-65-59(64-60(66-61)51-14-7-13-50-48-11-5-6-15-53(48)68-58(50)51)44-30-42(29-43(31-44)40-22-24-63-25-23-40)39-16-19-45(20-17-39)62-33-36-26-37(34-62)28-38(27-36)35-62/h1-25,29-32,36-38H,26-28,33-35H2. The highest BCUT2D eigenvalue weighted by atomic mass is 16.3. The number of pyridine rings is 1. The highest BCUT2D eigenvalue weighted by molar-refractivity contribution is 6.28. The molecule has 4 aromatic heterocycles. The molecule has 6 heteroatoms. The van der Waals surface area contributed by atoms with Crippen molar-refractivity contribution in [2.24, 2.45) is 17.8 Å². The van der Waals surface area contributed by atoms with E-state index in [4.69, 9.17) is 23.8 Å². The van der Waals surface area contributed by atoms with Crippen LogP contribution in [-0.2, 0) is 5.41 Å². The van der Waals surface area contributed by atoms with Gasteiger partial charge in [0.2, 0.25) is 0 Å². The minimum absolute atomic E-state index is 0.334. The van der Waals surface area contributed by atoms with Crippen LogP contribution >= 0.6 is 0 Å². The summed E-state index contributed by atoms with van der Waals surface area (Å²) in [6.07, 6.45) is 12.1. The first-order valence-electron chi connectivity index (χ1n) is 24.2. The van der Waals surface area contributed by atoms with Crippen LogP contribution in [0.4, 0.5) is 0 Å². The molecule has 4 aliphatic rings. The van der Waals surface area contributed by atoms with Crippen molar-refractivity contribution in [3.63, 3.8) is 0 Å². The number of hydrogen-bond donors (Lipinski definition) is 0. The molecule has 0 spiro atoms. The topological polar surface area (TPSA) is 77.8 Å². The molecule has 0 saturated heterocycles. The van der Waals surface area contributed by atoms with E-state index >= 15 is 0 Å². The molecule has 16 rings (SSSR count). The average Bonchev–Trinajstić information content (AvgIpc) is 3.97. The molecule has 0 amide bonds. The summed E-state index contributed by atoms with van der Waals surface area (Å²) in [6.45, 7) is 0. The van der Waals surface area contributed by atoms with E-state index in [2.05, 4.69) is 157 Å². The predicted molar refractivity (Wildman–Crippen MR) is 274 cm³/mol. The summed E-state index contributed by atoms with van der Waals surface area (Å²) in [4.78, 5) is 20.6. The largest absolute Gasteiger partial charge is 0.456 e. The van der Waals surface area contributed by atoms with Gasteiger partial charge in [-0.1, -0.05) is 109 Å². The molecular weight excluding hydrogens is 833 g/mol. The first-order valence-corrected chi connectivity index (χ1v) is 24.2. The zero-order valence-electron chi connectivity index (χ0n) is 37.3. The molecule has 12 aromatic rings. The lowest BCUT2D eigenvalue weighted by Gasteiger charge is -2.57. The van der Waals surface area contributed by atoms with E-state index in [0.717, 1.165) is 111 Å². The molecule has 4 aliphatic carbocycles. The third-order valence-corrected chi connectivity index (χ3v) is 16.0. The third-order valence-electron chi connectivity index (χ3n) is 16.0. The highest BCUT2D eigenvalue weighted by Crippen LogP contribution is 2.61. The molecule has 4 saturated carbocycles. The molecule has 0 unspecified atom stereocenters. The summed E-state index contributed by atoms with van der Waals surface area (Å²) in [5, 5.41) is 8.72. The molecule has 0 atom stereocenters. The van der Waals surface area contributed by atoms with Crippen molar-refractivity contribution >= 4 is 65.4 Å². The van der Waals surface area contributed by atoms with Crippen LogP contribution in [0, 0.1) is 17.8 Å². The fraction of sp³-hybridized carbons (Fsp3) is 0.161. The van der Waals surface area contributed by atoms with Gasteiger partial charge in [-0.05, 0) is 166 Å². The van der Waals surface area contributed by atoms with Crippen molar-refractivity contribution in [2.45, 2.75) is 43.9 Å². The number of furan rings is 2. The van der Waals surface area contributed by atoms with Crippen molar-refractivity contribution in [1.29, 1.82) is 0 Å². The number of aromatic nitrogens is 4. The maximum absolute atomic E-state index is 6.77. The normalized spacial score (nSPS) is 19.9. The van der Waals surface area contributed by atoms with E-state index in [1.807, 2.05) is 24.5 Å². The van der Waals surface area contributed by atoms with E-state index in [-0.39, 0.29) is 0 Å². The van der Waals surface area contributed by atoms with Gasteiger partial charge in [0, 0.05) is 45.1 Å². The zero-order valence-corrected chi connectivity index (χ0v) is 37.3. The molecule has 324 valence electrons. The predicted octanol–water partition coefficient (Wildman–Crippen LogP) is 16.2. The Kier molecular flexibility index (Phi) is 8.15. The van der Waals surface area contributed by atoms with Crippen molar-refractivity contribution < 1.29 is 8.83 Å². The van der Waals surface area contributed by atoms with Crippen molar-refractivity contribution in [3.05, 3.63) is 182 Å². The van der Waals surface area contributed by atoms with Gasteiger partial charge in [0.05, 0.1) is 5.56 Å². The van der Waals surface area contributed by atoms with E-state index in [9.17, 15) is 0 Å². The van der Waals surface area contributed by atoms with Crippen molar-refractivity contribution in [1.82, 2.24) is 19.9 Å². The second-order valence-corrected chi connectivity index (χ2v) is 20.0. The molecule has 0 aliphatic heterocycles. The molecule has 4 heterocycles. The number of para-hydroxylation sites is 2. The molecular formula is C62H44N4O2. The molecule has 0 N–H and O–H groups in total. The lowest BCUT2D eigenvalue weighted by Crippen LogP contribution is -2.48. The van der Waals surface area contributed by atoms with Crippen LogP contribution in [0.3, 0.4) is 0 Å². The summed E-state index contributed by atoms with van der Waals surface area (Å²) in [6, 6.07) is 58.3. The van der Waals surface area contributed by atoms with Gasteiger partial charge in [-0.25, -0.2) is 15.0 Å².